The van der Waals surface area contributed by atoms with Gasteiger partial charge in [-0.2, -0.15) is 0 Å². The van der Waals surface area contributed by atoms with Crippen LogP contribution in [0.3, 0.4) is 0 Å². The van der Waals surface area contributed by atoms with Gasteiger partial charge < -0.3 is 31.1 Å². The van der Waals surface area contributed by atoms with Crippen molar-refractivity contribution in [2.24, 2.45) is 11.5 Å². The van der Waals surface area contributed by atoms with Gasteiger partial charge in [-0.05, 0) is 85.4 Å². The van der Waals surface area contributed by atoms with Gasteiger partial charge in [0.15, 0.2) is 17.9 Å². The Bertz CT molecular complexity index is 2000. The minimum absolute atomic E-state index is 0.0773. The molecule has 1 fully saturated rings. The standard InChI is InChI=1S/C48H68N8O2S2/c1-8-55-30-24-40(32-37(55)3)14-12-38-16-20-42(21-17-38)51(4)26-10-28-53(6)47(57)45(49)35-59-60-36-46(50)48(58)54(7)29-11-27-52(5)43-22-18-39(19-23-43)13-15-41-25-31-56(9-2)34-44(56)33-41/h12-25,30-33,44-46H,8-11,26-29,34-36,49-50H2,1-7H3/q+2/b15-13+. The Morgan fingerprint density at radius 3 is 1.72 bits per heavy atom. The quantitative estimate of drug-likeness (QED) is 0.0369. The number of hydrogen-bond donors (Lipinski definition) is 2. The molecular weight excluding hydrogens is 785 g/mol. The molecule has 2 aromatic carbocycles. The van der Waals surface area contributed by atoms with Crippen molar-refractivity contribution in [3.8, 4) is 0 Å². The van der Waals surface area contributed by atoms with Crippen LogP contribution in [0.5, 0.6) is 0 Å². The molecule has 0 aliphatic carbocycles. The first-order chi connectivity index (χ1) is 28.8. The number of anilines is 2. The lowest BCUT2D eigenvalue weighted by Gasteiger charge is -2.24. The SMILES string of the molecule is CC[n+]1ccc(/C=C/c2ccc(N(C)CCCN(C)C(=O)C(N)CSSCC(N)C(=O)N(C)CCCN(C)c3ccc(/C=C/C4=CC5C[N+]5(CC)C=C4)cc3)cc2)cc1C. The number of allylic oxidation sites excluding steroid dienone is 3. The van der Waals surface area contributed by atoms with Gasteiger partial charge in [0.05, 0.1) is 24.8 Å². The topological polar surface area (TPSA) is 103 Å². The summed E-state index contributed by atoms with van der Waals surface area (Å²) in [7, 11) is 10.8. The number of benzene rings is 2. The number of aromatic nitrogens is 1. The molecular formula is C48H68N8O2S2+2. The fraction of sp³-hybridized carbons (Fsp3) is 0.438. The number of amides is 2. The van der Waals surface area contributed by atoms with E-state index in [2.05, 4.69) is 159 Å². The first kappa shape index (κ1) is 46.7. The molecule has 0 spiro atoms. The maximum Gasteiger partial charge on any atom is 0.240 e. The molecule has 60 heavy (non-hydrogen) atoms. The van der Waals surface area contributed by atoms with E-state index in [9.17, 15) is 9.59 Å². The van der Waals surface area contributed by atoms with Gasteiger partial charge in [-0.1, -0.05) is 70.2 Å². The van der Waals surface area contributed by atoms with Gasteiger partial charge in [0.25, 0.3) is 0 Å². The van der Waals surface area contributed by atoms with Crippen LogP contribution in [0.4, 0.5) is 11.4 Å². The second-order valence-electron chi connectivity index (χ2n) is 16.2. The summed E-state index contributed by atoms with van der Waals surface area (Å²) in [4.78, 5) is 33.8. The van der Waals surface area contributed by atoms with Crippen molar-refractivity contribution in [2.45, 2.75) is 58.3 Å². The van der Waals surface area contributed by atoms with E-state index in [0.717, 1.165) is 60.4 Å². The molecule has 1 aromatic heterocycles. The normalized spacial score (nSPS) is 17.9. The van der Waals surface area contributed by atoms with Crippen LogP contribution in [0, 0.1) is 6.92 Å². The lowest BCUT2D eigenvalue weighted by molar-refractivity contribution is -0.752. The molecule has 1 saturated heterocycles. The smallest absolute Gasteiger partial charge is 0.240 e. The van der Waals surface area contributed by atoms with Gasteiger partial charge in [-0.3, -0.25) is 14.1 Å². The third kappa shape index (κ3) is 13.3. The molecule has 3 aromatic rings. The Morgan fingerprint density at radius 2 is 1.25 bits per heavy atom. The molecule has 322 valence electrons. The predicted molar refractivity (Wildman–Crippen MR) is 256 cm³/mol. The molecule has 0 radical (unpaired) electrons. The summed E-state index contributed by atoms with van der Waals surface area (Å²) in [6.07, 6.45) is 19.4. The zero-order valence-electron chi connectivity index (χ0n) is 36.9. The summed E-state index contributed by atoms with van der Waals surface area (Å²) >= 11 is 0. The number of carbonyl (C=O) groups is 2. The van der Waals surface area contributed by atoms with Crippen LogP contribution in [0.25, 0.3) is 18.2 Å². The molecule has 0 saturated carbocycles. The third-order valence-corrected chi connectivity index (χ3v) is 14.2. The van der Waals surface area contributed by atoms with E-state index < -0.39 is 12.1 Å². The number of nitrogens with two attached hydrogens (primary N) is 2. The lowest BCUT2D eigenvalue weighted by atomic mass is 10.1. The first-order valence-electron chi connectivity index (χ1n) is 21.3. The number of rotatable bonds is 23. The van der Waals surface area contributed by atoms with Gasteiger partial charge >= 0.3 is 0 Å². The Hall–Kier alpha value is -4.33. The van der Waals surface area contributed by atoms with Crippen LogP contribution in [0.15, 0.2) is 96.9 Å². The van der Waals surface area contributed by atoms with Crippen molar-refractivity contribution in [1.82, 2.24) is 9.80 Å². The average Bonchev–Trinajstić information content (AvgIpc) is 4.00. The Balaban J connectivity index is 0.914. The number of pyridine rings is 1. The molecule has 2 aliphatic heterocycles. The van der Waals surface area contributed by atoms with Gasteiger partial charge in [-0.15, -0.1) is 0 Å². The molecule has 2 aliphatic rings. The number of likely N-dealkylation sites (N-methyl/N-ethyl adjacent to an activating group) is 3. The molecule has 3 heterocycles. The molecule has 0 bridgehead atoms. The summed E-state index contributed by atoms with van der Waals surface area (Å²) in [5.74, 6) is 0.745. The molecule has 2 amide bonds. The van der Waals surface area contributed by atoms with Crippen LogP contribution in [0.2, 0.25) is 0 Å². The van der Waals surface area contributed by atoms with E-state index in [1.807, 2.05) is 14.1 Å². The predicted octanol–water partition coefficient (Wildman–Crippen LogP) is 6.46. The van der Waals surface area contributed by atoms with E-state index >= 15 is 0 Å². The van der Waals surface area contributed by atoms with E-state index in [1.54, 1.807) is 9.80 Å². The third-order valence-electron chi connectivity index (χ3n) is 11.8. The summed E-state index contributed by atoms with van der Waals surface area (Å²) < 4.78 is 3.34. The van der Waals surface area contributed by atoms with Gasteiger partial charge in [-0.25, -0.2) is 4.57 Å². The van der Waals surface area contributed by atoms with E-state index in [-0.39, 0.29) is 11.8 Å². The van der Waals surface area contributed by atoms with E-state index in [0.29, 0.717) is 30.6 Å². The first-order valence-corrected chi connectivity index (χ1v) is 23.8. The van der Waals surface area contributed by atoms with Gasteiger partial charge in [0, 0.05) is 96.3 Å². The monoisotopic (exact) mass is 852 g/mol. The maximum absolute atomic E-state index is 13.0. The minimum atomic E-state index is -0.618. The minimum Gasteiger partial charge on any atom is -0.375 e. The van der Waals surface area contributed by atoms with Crippen molar-refractivity contribution in [3.05, 3.63) is 119 Å². The van der Waals surface area contributed by atoms with Crippen LogP contribution in [-0.4, -0.2) is 123 Å². The molecule has 5 rings (SSSR count). The van der Waals surface area contributed by atoms with Gasteiger partial charge in [0.1, 0.15) is 13.1 Å². The fourth-order valence-corrected chi connectivity index (χ4v) is 9.70. The zero-order valence-corrected chi connectivity index (χ0v) is 38.5. The highest BCUT2D eigenvalue weighted by Crippen LogP contribution is 2.37. The highest BCUT2D eigenvalue weighted by molar-refractivity contribution is 8.76. The second-order valence-corrected chi connectivity index (χ2v) is 18.8. The van der Waals surface area contributed by atoms with Crippen LogP contribution in [0.1, 0.15) is 49.1 Å². The fourth-order valence-electron chi connectivity index (χ4n) is 7.48. The number of quaternary nitrogens is 1. The Labute approximate surface area is 367 Å². The largest absolute Gasteiger partial charge is 0.375 e. The van der Waals surface area contributed by atoms with Gasteiger partial charge in [0.2, 0.25) is 11.8 Å². The lowest BCUT2D eigenvalue weighted by Crippen LogP contribution is -2.44. The molecule has 4 atom stereocenters. The van der Waals surface area contributed by atoms with Crippen molar-refractivity contribution in [1.29, 1.82) is 0 Å². The van der Waals surface area contributed by atoms with E-state index in [4.69, 9.17) is 11.5 Å². The van der Waals surface area contributed by atoms with Crippen molar-refractivity contribution in [2.75, 3.05) is 88.8 Å². The highest BCUT2D eigenvalue weighted by Gasteiger charge is 2.52. The second kappa shape index (κ2) is 22.5. The summed E-state index contributed by atoms with van der Waals surface area (Å²) in [5, 5.41) is 0. The van der Waals surface area contributed by atoms with E-state index in [1.165, 1.54) is 50.5 Å². The van der Waals surface area contributed by atoms with Crippen molar-refractivity contribution >= 4 is 63.0 Å². The Kier molecular flexibility index (Phi) is 17.5. The van der Waals surface area contributed by atoms with Crippen LogP contribution >= 0.6 is 21.6 Å². The number of fused-ring (bicyclic) bond motifs is 1. The summed E-state index contributed by atoms with van der Waals surface area (Å²) in [6, 6.07) is 20.9. The molecule has 4 unspecified atom stereocenters. The highest BCUT2D eigenvalue weighted by atomic mass is 33.1. The Morgan fingerprint density at radius 1 is 0.750 bits per heavy atom. The van der Waals surface area contributed by atoms with Crippen molar-refractivity contribution < 1.29 is 18.6 Å². The van der Waals surface area contributed by atoms with Crippen LogP contribution in [-0.2, 0) is 16.1 Å². The number of hydrogen-bond acceptors (Lipinski definition) is 8. The zero-order chi connectivity index (χ0) is 43.2. The average molecular weight is 853 g/mol. The summed E-state index contributed by atoms with van der Waals surface area (Å²) in [6.45, 7) is 12.8. The molecule has 12 heteroatoms. The van der Waals surface area contributed by atoms with Crippen molar-refractivity contribution in [3.63, 3.8) is 0 Å². The maximum atomic E-state index is 13.0. The molecule has 10 nitrogen and oxygen atoms in total. The summed E-state index contributed by atoms with van der Waals surface area (Å²) in [5.41, 5.74) is 20.9. The number of aryl methyl sites for hydroxylation is 2. The molecule has 4 N–H and O–H groups in total. The number of carbonyl (C=O) groups excluding carboxylic acids is 2. The van der Waals surface area contributed by atoms with Crippen LogP contribution < -0.4 is 25.8 Å². The number of nitrogens with zero attached hydrogens (tertiary/aromatic N) is 6.